The van der Waals surface area contributed by atoms with Gasteiger partial charge in [-0.1, -0.05) is 30.3 Å². The Morgan fingerprint density at radius 1 is 1.40 bits per heavy atom. The van der Waals surface area contributed by atoms with Crippen LogP contribution in [0.2, 0.25) is 0 Å². The van der Waals surface area contributed by atoms with Crippen LogP contribution in [0, 0.1) is 0 Å². The number of hydrogen-bond donors (Lipinski definition) is 1. The second kappa shape index (κ2) is 4.94. The molecule has 15 heavy (non-hydrogen) atoms. The minimum Gasteiger partial charge on any atom is -0.467 e. The highest BCUT2D eigenvalue weighted by atomic mass is 16.5. The molecule has 1 N–H and O–H groups in total. The summed E-state index contributed by atoms with van der Waals surface area (Å²) in [4.78, 5) is 11.2. The molecule has 0 bridgehead atoms. The fourth-order valence-electron chi connectivity index (χ4n) is 1.35. The van der Waals surface area contributed by atoms with E-state index in [4.69, 9.17) is 0 Å². The molecule has 0 amide bonds. The lowest BCUT2D eigenvalue weighted by atomic mass is 9.97. The zero-order valence-electron chi connectivity index (χ0n) is 9.06. The molecule has 0 aliphatic carbocycles. The Labute approximate surface area is 89.7 Å². The summed E-state index contributed by atoms with van der Waals surface area (Å²) in [5, 5.41) is 9.77. The van der Waals surface area contributed by atoms with Gasteiger partial charge in [-0.2, -0.15) is 0 Å². The Morgan fingerprint density at radius 2 is 2.00 bits per heavy atom. The number of esters is 1. The SMILES string of the molecule is COC(=O)[C@@](C)(O)CCc1ccccc1. The van der Waals surface area contributed by atoms with Gasteiger partial charge in [-0.05, 0) is 25.3 Å². The third-order valence-electron chi connectivity index (χ3n) is 2.37. The van der Waals surface area contributed by atoms with E-state index >= 15 is 0 Å². The lowest BCUT2D eigenvalue weighted by molar-refractivity contribution is -0.161. The van der Waals surface area contributed by atoms with Crippen molar-refractivity contribution in [3.63, 3.8) is 0 Å². The Bertz CT molecular complexity index is 317. The van der Waals surface area contributed by atoms with Crippen molar-refractivity contribution >= 4 is 5.97 Å². The summed E-state index contributed by atoms with van der Waals surface area (Å²) in [6, 6.07) is 9.73. The first kappa shape index (κ1) is 11.7. The fraction of sp³-hybridized carbons (Fsp3) is 0.417. The summed E-state index contributed by atoms with van der Waals surface area (Å²) in [5.41, 5.74) is -0.299. The second-order valence-electron chi connectivity index (χ2n) is 3.75. The number of aliphatic hydroxyl groups is 1. The fourth-order valence-corrected chi connectivity index (χ4v) is 1.35. The number of methoxy groups -OCH3 is 1. The van der Waals surface area contributed by atoms with Crippen LogP contribution in [0.5, 0.6) is 0 Å². The van der Waals surface area contributed by atoms with E-state index in [9.17, 15) is 9.90 Å². The average Bonchev–Trinajstić information content (AvgIpc) is 2.27. The molecule has 0 aliphatic rings. The van der Waals surface area contributed by atoms with Crippen LogP contribution in [0.15, 0.2) is 30.3 Å². The van der Waals surface area contributed by atoms with Gasteiger partial charge in [0.05, 0.1) is 7.11 Å². The molecule has 1 aromatic carbocycles. The zero-order chi connectivity index (χ0) is 11.3. The number of carbonyl (C=O) groups excluding carboxylic acids is 1. The van der Waals surface area contributed by atoms with Crippen LogP contribution < -0.4 is 0 Å². The van der Waals surface area contributed by atoms with Crippen molar-refractivity contribution < 1.29 is 14.6 Å². The van der Waals surface area contributed by atoms with Gasteiger partial charge in [0.1, 0.15) is 0 Å². The Morgan fingerprint density at radius 3 is 2.53 bits per heavy atom. The lowest BCUT2D eigenvalue weighted by Crippen LogP contribution is -2.36. The Balaban J connectivity index is 2.53. The summed E-state index contributed by atoms with van der Waals surface area (Å²) < 4.78 is 4.51. The molecule has 0 fully saturated rings. The maximum Gasteiger partial charge on any atom is 0.337 e. The molecule has 82 valence electrons. The molecule has 0 radical (unpaired) electrons. The van der Waals surface area contributed by atoms with Crippen molar-refractivity contribution in [3.8, 4) is 0 Å². The number of carbonyl (C=O) groups is 1. The van der Waals surface area contributed by atoms with Crippen molar-refractivity contribution in [2.45, 2.75) is 25.4 Å². The first-order chi connectivity index (χ1) is 7.06. The van der Waals surface area contributed by atoms with Crippen LogP contribution in [0.3, 0.4) is 0 Å². The number of benzene rings is 1. The number of ether oxygens (including phenoxy) is 1. The normalized spacial score (nSPS) is 14.3. The van der Waals surface area contributed by atoms with Crippen molar-refractivity contribution in [3.05, 3.63) is 35.9 Å². The maximum absolute atomic E-state index is 11.2. The molecule has 0 saturated carbocycles. The van der Waals surface area contributed by atoms with Crippen LogP contribution in [0.1, 0.15) is 18.9 Å². The van der Waals surface area contributed by atoms with Gasteiger partial charge in [0.25, 0.3) is 0 Å². The number of hydrogen-bond acceptors (Lipinski definition) is 3. The monoisotopic (exact) mass is 208 g/mol. The van der Waals surface area contributed by atoms with Gasteiger partial charge in [0, 0.05) is 0 Å². The standard InChI is InChI=1S/C12H16O3/c1-12(14,11(13)15-2)9-8-10-6-4-3-5-7-10/h3-7,14H,8-9H2,1-2H3/t12-/m0/s1. The van der Waals surface area contributed by atoms with Gasteiger partial charge >= 0.3 is 5.97 Å². The molecule has 3 heteroatoms. The van der Waals surface area contributed by atoms with Crippen molar-refractivity contribution in [1.29, 1.82) is 0 Å². The van der Waals surface area contributed by atoms with Crippen molar-refractivity contribution in [1.82, 2.24) is 0 Å². The third kappa shape index (κ3) is 3.36. The number of aryl methyl sites for hydroxylation is 1. The first-order valence-corrected chi connectivity index (χ1v) is 4.91. The smallest absolute Gasteiger partial charge is 0.337 e. The molecule has 0 unspecified atom stereocenters. The van der Waals surface area contributed by atoms with E-state index in [1.165, 1.54) is 14.0 Å². The van der Waals surface area contributed by atoms with Gasteiger partial charge in [-0.3, -0.25) is 0 Å². The largest absolute Gasteiger partial charge is 0.467 e. The summed E-state index contributed by atoms with van der Waals surface area (Å²) in [6.45, 7) is 1.47. The maximum atomic E-state index is 11.2. The first-order valence-electron chi connectivity index (χ1n) is 4.91. The van der Waals surface area contributed by atoms with E-state index in [2.05, 4.69) is 4.74 Å². The third-order valence-corrected chi connectivity index (χ3v) is 2.37. The van der Waals surface area contributed by atoms with Gasteiger partial charge in [0.15, 0.2) is 5.60 Å². The molecule has 3 nitrogen and oxygen atoms in total. The van der Waals surface area contributed by atoms with E-state index in [0.29, 0.717) is 12.8 Å². The molecule has 1 atom stereocenters. The predicted molar refractivity (Wildman–Crippen MR) is 57.4 cm³/mol. The van der Waals surface area contributed by atoms with Crippen molar-refractivity contribution in [2.24, 2.45) is 0 Å². The molecular weight excluding hydrogens is 192 g/mol. The molecule has 0 spiro atoms. The summed E-state index contributed by atoms with van der Waals surface area (Å²) in [6.07, 6.45) is 1.02. The highest BCUT2D eigenvalue weighted by molar-refractivity contribution is 5.78. The summed E-state index contributed by atoms with van der Waals surface area (Å²) in [7, 11) is 1.28. The molecule has 1 rings (SSSR count). The molecular formula is C12H16O3. The molecule has 0 aliphatic heterocycles. The van der Waals surface area contributed by atoms with Crippen LogP contribution in [-0.4, -0.2) is 23.8 Å². The van der Waals surface area contributed by atoms with Crippen LogP contribution in [-0.2, 0) is 16.0 Å². The molecule has 0 aromatic heterocycles. The van der Waals surface area contributed by atoms with Crippen molar-refractivity contribution in [2.75, 3.05) is 7.11 Å². The van der Waals surface area contributed by atoms with E-state index in [1.54, 1.807) is 0 Å². The summed E-state index contributed by atoms with van der Waals surface area (Å²) >= 11 is 0. The highest BCUT2D eigenvalue weighted by Crippen LogP contribution is 2.15. The van der Waals surface area contributed by atoms with E-state index in [-0.39, 0.29) is 0 Å². The van der Waals surface area contributed by atoms with Gasteiger partial charge in [-0.25, -0.2) is 4.79 Å². The topological polar surface area (TPSA) is 46.5 Å². The second-order valence-corrected chi connectivity index (χ2v) is 3.75. The highest BCUT2D eigenvalue weighted by Gasteiger charge is 2.30. The predicted octanol–water partition coefficient (Wildman–Crippen LogP) is 1.54. The summed E-state index contributed by atoms with van der Waals surface area (Å²) in [5.74, 6) is -0.585. The van der Waals surface area contributed by atoms with Crippen LogP contribution >= 0.6 is 0 Å². The van der Waals surface area contributed by atoms with E-state index < -0.39 is 11.6 Å². The van der Waals surface area contributed by atoms with Gasteiger partial charge in [0.2, 0.25) is 0 Å². The number of rotatable bonds is 4. The zero-order valence-corrected chi connectivity index (χ0v) is 9.06. The van der Waals surface area contributed by atoms with E-state index in [1.807, 2.05) is 30.3 Å². The van der Waals surface area contributed by atoms with E-state index in [0.717, 1.165) is 5.56 Å². The van der Waals surface area contributed by atoms with Crippen LogP contribution in [0.25, 0.3) is 0 Å². The van der Waals surface area contributed by atoms with Crippen LogP contribution in [0.4, 0.5) is 0 Å². The minimum absolute atomic E-state index is 0.365. The average molecular weight is 208 g/mol. The van der Waals surface area contributed by atoms with Gasteiger partial charge < -0.3 is 9.84 Å². The quantitative estimate of drug-likeness (QED) is 0.763. The molecule has 1 aromatic rings. The lowest BCUT2D eigenvalue weighted by Gasteiger charge is -2.19. The Hall–Kier alpha value is -1.35. The molecule has 0 heterocycles. The Kier molecular flexibility index (Phi) is 3.86. The van der Waals surface area contributed by atoms with Gasteiger partial charge in [-0.15, -0.1) is 0 Å². The minimum atomic E-state index is -1.40. The molecule has 0 saturated heterocycles.